The van der Waals surface area contributed by atoms with Crippen molar-refractivity contribution in [3.05, 3.63) is 59.7 Å². The van der Waals surface area contributed by atoms with E-state index in [0.29, 0.717) is 22.4 Å². The molecule has 1 N–H and O–H groups in total. The molecule has 0 aliphatic carbocycles. The first kappa shape index (κ1) is 22.9. The smallest absolute Gasteiger partial charge is 0.229 e. The van der Waals surface area contributed by atoms with Crippen LogP contribution in [0.3, 0.4) is 0 Å². The van der Waals surface area contributed by atoms with Gasteiger partial charge < -0.3 is 14.8 Å². The topological polar surface area (TPSA) is 75.0 Å². The molecule has 2 aliphatic heterocycles. The number of benzene rings is 1. The second-order valence-electron chi connectivity index (χ2n) is 9.39. The van der Waals surface area contributed by atoms with E-state index in [4.69, 9.17) is 0 Å². The second-order valence-corrected chi connectivity index (χ2v) is 9.39. The molecular weight excluding hydrogens is 462 g/mol. The van der Waals surface area contributed by atoms with Crippen molar-refractivity contribution in [3.63, 3.8) is 0 Å². The van der Waals surface area contributed by atoms with E-state index in [1.807, 2.05) is 22.9 Å². The highest BCUT2D eigenvalue weighted by molar-refractivity contribution is 5.83. The molecule has 6 rings (SSSR count). The molecule has 2 aliphatic rings. The maximum absolute atomic E-state index is 14.8. The molecule has 0 radical (unpaired) electrons. The molecule has 0 saturated carbocycles. The minimum Gasteiger partial charge on any atom is -0.328 e. The van der Waals surface area contributed by atoms with Gasteiger partial charge in [0.15, 0.2) is 11.6 Å². The normalized spacial score (nSPS) is 16.5. The minimum absolute atomic E-state index is 0.0321. The Balaban J connectivity index is 1.19. The summed E-state index contributed by atoms with van der Waals surface area (Å²) in [7, 11) is 0. The third-order valence-corrected chi connectivity index (χ3v) is 7.07. The Morgan fingerprint density at radius 1 is 0.917 bits per heavy atom. The lowest BCUT2D eigenvalue weighted by Gasteiger charge is -2.33. The predicted octanol–water partition coefficient (Wildman–Crippen LogP) is 3.99. The van der Waals surface area contributed by atoms with Crippen molar-refractivity contribution in [2.45, 2.75) is 32.9 Å². The Morgan fingerprint density at radius 3 is 2.53 bits per heavy atom. The minimum atomic E-state index is -0.619. The van der Waals surface area contributed by atoms with Gasteiger partial charge >= 0.3 is 0 Å². The molecule has 1 fully saturated rings. The molecule has 186 valence electrons. The second kappa shape index (κ2) is 9.51. The van der Waals surface area contributed by atoms with Crippen LogP contribution in [-0.4, -0.2) is 67.0 Å². The van der Waals surface area contributed by atoms with E-state index in [0.717, 1.165) is 76.2 Å². The van der Waals surface area contributed by atoms with Gasteiger partial charge in [-0.1, -0.05) is 13.0 Å². The summed E-state index contributed by atoms with van der Waals surface area (Å²) in [5, 5.41) is 3.04. The van der Waals surface area contributed by atoms with Crippen molar-refractivity contribution in [1.82, 2.24) is 34.3 Å². The fraction of sp³-hybridized carbons (Fsp3) is 0.385. The van der Waals surface area contributed by atoms with Gasteiger partial charge in [-0.2, -0.15) is 0 Å². The van der Waals surface area contributed by atoms with Crippen LogP contribution in [-0.2, 0) is 19.5 Å². The number of rotatable bonds is 6. The monoisotopic (exact) mass is 490 g/mol. The highest BCUT2D eigenvalue weighted by Crippen LogP contribution is 2.31. The van der Waals surface area contributed by atoms with Gasteiger partial charge in [0.25, 0.3) is 0 Å². The van der Waals surface area contributed by atoms with Gasteiger partial charge in [-0.3, -0.25) is 4.90 Å². The first-order valence-electron chi connectivity index (χ1n) is 12.5. The van der Waals surface area contributed by atoms with Crippen LogP contribution in [0.4, 0.5) is 20.5 Å². The molecule has 8 nitrogen and oxygen atoms in total. The zero-order valence-electron chi connectivity index (χ0n) is 20.2. The summed E-state index contributed by atoms with van der Waals surface area (Å²) in [5.74, 6) is 0.519. The molecule has 0 spiro atoms. The molecule has 10 heteroatoms. The lowest BCUT2D eigenvalue weighted by atomic mass is 10.1. The standard InChI is InChI=1S/C26H28F2N8/c1-2-34-8-10-35(11-9-34)16-17-5-6-22(29-14-17)31-26-30-15-20(28)24(33-26)18-12-19(27)25-21(13-18)36-7-3-4-23(36)32-25/h5-6,12-15H,2-4,7-11,16H2,1H3,(H,29,30,31,33). The molecule has 0 bridgehead atoms. The Bertz CT molecular complexity index is 1390. The molecule has 5 heterocycles. The van der Waals surface area contributed by atoms with Gasteiger partial charge in [-0.05, 0) is 36.7 Å². The number of piperazine rings is 1. The van der Waals surface area contributed by atoms with Crippen LogP contribution in [0.15, 0.2) is 36.7 Å². The number of aromatic nitrogens is 5. The predicted molar refractivity (Wildman–Crippen MR) is 134 cm³/mol. The fourth-order valence-corrected chi connectivity index (χ4v) is 5.06. The SMILES string of the molecule is CCN1CCN(Cc2ccc(Nc3ncc(F)c(-c4cc(F)c5nc6n(c5c4)CCC6)n3)nc2)CC1. The van der Waals surface area contributed by atoms with Gasteiger partial charge in [0.05, 0.1) is 11.7 Å². The maximum Gasteiger partial charge on any atom is 0.229 e. The Labute approximate surface area is 208 Å². The highest BCUT2D eigenvalue weighted by atomic mass is 19.1. The van der Waals surface area contributed by atoms with Crippen LogP contribution < -0.4 is 5.32 Å². The van der Waals surface area contributed by atoms with E-state index in [9.17, 15) is 8.78 Å². The quantitative estimate of drug-likeness (QED) is 0.438. The molecule has 36 heavy (non-hydrogen) atoms. The number of nitrogens with zero attached hydrogens (tertiary/aromatic N) is 7. The lowest BCUT2D eigenvalue weighted by Crippen LogP contribution is -2.45. The number of likely N-dealkylation sites (N-methyl/N-ethyl adjacent to an activating group) is 1. The zero-order chi connectivity index (χ0) is 24.6. The number of nitrogens with one attached hydrogen (secondary N) is 1. The third-order valence-electron chi connectivity index (χ3n) is 7.07. The van der Waals surface area contributed by atoms with Crippen molar-refractivity contribution < 1.29 is 8.78 Å². The molecule has 0 unspecified atom stereocenters. The largest absolute Gasteiger partial charge is 0.328 e. The van der Waals surface area contributed by atoms with Gasteiger partial charge in [-0.15, -0.1) is 0 Å². The summed E-state index contributed by atoms with van der Waals surface area (Å²) in [5.41, 5.74) is 2.49. The van der Waals surface area contributed by atoms with Gasteiger partial charge in [-0.25, -0.2) is 28.7 Å². The number of imidazole rings is 1. The summed E-state index contributed by atoms with van der Waals surface area (Å²) < 4.78 is 31.6. The van der Waals surface area contributed by atoms with E-state index in [2.05, 4.69) is 42.0 Å². The summed E-state index contributed by atoms with van der Waals surface area (Å²) in [6.45, 7) is 9.21. The van der Waals surface area contributed by atoms with Crippen molar-refractivity contribution in [1.29, 1.82) is 0 Å². The Kier molecular flexibility index (Phi) is 6.06. The van der Waals surface area contributed by atoms with Gasteiger partial charge in [0, 0.05) is 57.4 Å². The number of halogens is 2. The van der Waals surface area contributed by atoms with Crippen LogP contribution in [0.5, 0.6) is 0 Å². The van der Waals surface area contributed by atoms with E-state index < -0.39 is 11.6 Å². The van der Waals surface area contributed by atoms with E-state index in [1.165, 1.54) is 6.07 Å². The van der Waals surface area contributed by atoms with Crippen LogP contribution in [0.2, 0.25) is 0 Å². The number of pyridine rings is 1. The van der Waals surface area contributed by atoms with Gasteiger partial charge in [0.1, 0.15) is 22.9 Å². The van der Waals surface area contributed by atoms with Crippen molar-refractivity contribution >= 4 is 22.8 Å². The number of aryl methyl sites for hydroxylation is 2. The number of hydrogen-bond acceptors (Lipinski definition) is 7. The molecule has 1 saturated heterocycles. The average molecular weight is 491 g/mol. The Hall–Kier alpha value is -3.50. The zero-order valence-corrected chi connectivity index (χ0v) is 20.2. The van der Waals surface area contributed by atoms with Crippen LogP contribution in [0.1, 0.15) is 24.7 Å². The van der Waals surface area contributed by atoms with E-state index >= 15 is 0 Å². The summed E-state index contributed by atoms with van der Waals surface area (Å²) in [6, 6.07) is 6.93. The molecule has 4 aromatic rings. The first-order valence-corrected chi connectivity index (χ1v) is 12.5. The molecule has 0 amide bonds. The maximum atomic E-state index is 14.8. The molecule has 0 atom stereocenters. The van der Waals surface area contributed by atoms with E-state index in [1.54, 1.807) is 6.07 Å². The molecular formula is C26H28F2N8. The Morgan fingerprint density at radius 2 is 1.75 bits per heavy atom. The summed E-state index contributed by atoms with van der Waals surface area (Å²) >= 11 is 0. The fourth-order valence-electron chi connectivity index (χ4n) is 5.06. The number of fused-ring (bicyclic) bond motifs is 3. The van der Waals surface area contributed by atoms with Crippen molar-refractivity contribution in [2.24, 2.45) is 0 Å². The number of hydrogen-bond donors (Lipinski definition) is 1. The first-order chi connectivity index (χ1) is 17.6. The van der Waals surface area contributed by atoms with Gasteiger partial charge in [0.2, 0.25) is 5.95 Å². The van der Waals surface area contributed by atoms with Crippen LogP contribution in [0.25, 0.3) is 22.3 Å². The molecule has 3 aromatic heterocycles. The number of anilines is 2. The summed E-state index contributed by atoms with van der Waals surface area (Å²) in [6.07, 6.45) is 4.72. The summed E-state index contributed by atoms with van der Waals surface area (Å²) in [4.78, 5) is 22.2. The van der Waals surface area contributed by atoms with Crippen LogP contribution in [0, 0.1) is 11.6 Å². The average Bonchev–Trinajstić information content (AvgIpc) is 3.49. The van der Waals surface area contributed by atoms with Crippen LogP contribution >= 0.6 is 0 Å². The van der Waals surface area contributed by atoms with Crippen molar-refractivity contribution in [2.75, 3.05) is 38.0 Å². The third kappa shape index (κ3) is 4.42. The highest BCUT2D eigenvalue weighted by Gasteiger charge is 2.21. The molecule has 1 aromatic carbocycles. The van der Waals surface area contributed by atoms with E-state index in [-0.39, 0.29) is 11.6 Å². The van der Waals surface area contributed by atoms with Crippen molar-refractivity contribution in [3.8, 4) is 11.3 Å². The lowest BCUT2D eigenvalue weighted by molar-refractivity contribution is 0.132.